The van der Waals surface area contributed by atoms with Crippen LogP contribution < -0.4 is 4.74 Å². The van der Waals surface area contributed by atoms with E-state index in [0.717, 1.165) is 10.2 Å². The minimum atomic E-state index is -4.65. The smallest absolute Gasteiger partial charge is 0.435 e. The first kappa shape index (κ1) is 17.8. The molecule has 3 rings (SSSR count). The van der Waals surface area contributed by atoms with E-state index >= 15 is 0 Å². The lowest BCUT2D eigenvalue weighted by Crippen LogP contribution is -2.10. The number of rotatable bonds is 5. The zero-order chi connectivity index (χ0) is 18.7. The van der Waals surface area contributed by atoms with Crippen LogP contribution in [-0.2, 0) is 19.1 Å². The highest BCUT2D eigenvalue weighted by molar-refractivity contribution is 5.39. The Morgan fingerprint density at radius 2 is 1.65 bits per heavy atom. The summed E-state index contributed by atoms with van der Waals surface area (Å²) in [6.45, 7) is 0.0539. The van der Waals surface area contributed by atoms with Gasteiger partial charge in [0.05, 0.1) is 19.2 Å². The standard InChI is InChI=1S/C19H17F3N2O2/c1-26-15-9-7-13(8-10-15)11-16-17(19(20,21)22)23-24(18(16)25)12-14-5-3-2-4-6-14/h2-10,25H,11-12H2,1H3. The van der Waals surface area contributed by atoms with E-state index in [9.17, 15) is 18.3 Å². The Balaban J connectivity index is 1.96. The first-order valence-corrected chi connectivity index (χ1v) is 7.91. The van der Waals surface area contributed by atoms with Gasteiger partial charge in [-0.15, -0.1) is 0 Å². The zero-order valence-electron chi connectivity index (χ0n) is 14.0. The lowest BCUT2D eigenvalue weighted by atomic mass is 10.0. The summed E-state index contributed by atoms with van der Waals surface area (Å²) in [6, 6.07) is 15.5. The highest BCUT2D eigenvalue weighted by atomic mass is 19.4. The van der Waals surface area contributed by atoms with E-state index in [1.165, 1.54) is 7.11 Å². The van der Waals surface area contributed by atoms with Crippen LogP contribution in [0.15, 0.2) is 54.6 Å². The third-order valence-corrected chi connectivity index (χ3v) is 4.00. The first-order chi connectivity index (χ1) is 12.4. The SMILES string of the molecule is COc1ccc(Cc2c(C(F)(F)F)nn(Cc3ccccc3)c2O)cc1. The van der Waals surface area contributed by atoms with Gasteiger partial charge in [-0.05, 0) is 23.3 Å². The maximum atomic E-state index is 13.4. The van der Waals surface area contributed by atoms with E-state index in [0.29, 0.717) is 11.3 Å². The van der Waals surface area contributed by atoms with Crippen LogP contribution in [0.25, 0.3) is 0 Å². The summed E-state index contributed by atoms with van der Waals surface area (Å²) >= 11 is 0. The third kappa shape index (κ3) is 3.82. The van der Waals surface area contributed by atoms with E-state index in [1.54, 1.807) is 48.5 Å². The molecule has 1 aromatic heterocycles. The molecule has 136 valence electrons. The number of hydrogen-bond donors (Lipinski definition) is 1. The Labute approximate surface area is 148 Å². The molecule has 2 aromatic carbocycles. The number of alkyl halides is 3. The van der Waals surface area contributed by atoms with Crippen LogP contribution in [-0.4, -0.2) is 22.0 Å². The van der Waals surface area contributed by atoms with Crippen molar-refractivity contribution in [2.24, 2.45) is 0 Å². The number of aromatic hydroxyl groups is 1. The second-order valence-electron chi connectivity index (χ2n) is 5.82. The summed E-state index contributed by atoms with van der Waals surface area (Å²) in [6.07, 6.45) is -4.74. The van der Waals surface area contributed by atoms with Crippen molar-refractivity contribution in [3.05, 3.63) is 77.0 Å². The fourth-order valence-electron chi connectivity index (χ4n) is 2.69. The number of methoxy groups -OCH3 is 1. The number of benzene rings is 2. The summed E-state index contributed by atoms with van der Waals surface area (Å²) in [5, 5.41) is 14.0. The van der Waals surface area contributed by atoms with E-state index in [4.69, 9.17) is 4.74 Å². The maximum absolute atomic E-state index is 13.4. The Morgan fingerprint density at radius 1 is 1.00 bits per heavy atom. The molecular weight excluding hydrogens is 345 g/mol. The van der Waals surface area contributed by atoms with Crippen LogP contribution in [0.3, 0.4) is 0 Å². The fourth-order valence-corrected chi connectivity index (χ4v) is 2.69. The van der Waals surface area contributed by atoms with Gasteiger partial charge < -0.3 is 9.84 Å². The average Bonchev–Trinajstić information content (AvgIpc) is 2.93. The number of halogens is 3. The highest BCUT2D eigenvalue weighted by Gasteiger charge is 2.39. The monoisotopic (exact) mass is 362 g/mol. The van der Waals surface area contributed by atoms with Gasteiger partial charge in [0.25, 0.3) is 0 Å². The van der Waals surface area contributed by atoms with Gasteiger partial charge in [-0.1, -0.05) is 42.5 Å². The van der Waals surface area contributed by atoms with Crippen LogP contribution in [0, 0.1) is 0 Å². The molecule has 4 nitrogen and oxygen atoms in total. The lowest BCUT2D eigenvalue weighted by Gasteiger charge is -2.07. The molecule has 26 heavy (non-hydrogen) atoms. The quantitative estimate of drug-likeness (QED) is 0.738. The van der Waals surface area contributed by atoms with Gasteiger partial charge in [0.1, 0.15) is 5.75 Å². The molecule has 0 spiro atoms. The highest BCUT2D eigenvalue weighted by Crippen LogP contribution is 2.36. The molecule has 0 aliphatic rings. The minimum absolute atomic E-state index is 0.0539. The second kappa shape index (κ2) is 7.11. The molecule has 7 heteroatoms. The van der Waals surface area contributed by atoms with Crippen molar-refractivity contribution >= 4 is 0 Å². The number of aromatic nitrogens is 2. The van der Waals surface area contributed by atoms with Crippen molar-refractivity contribution in [2.45, 2.75) is 19.1 Å². The molecule has 0 atom stereocenters. The Hall–Kier alpha value is -2.96. The van der Waals surface area contributed by atoms with Gasteiger partial charge in [0, 0.05) is 6.42 Å². The third-order valence-electron chi connectivity index (χ3n) is 4.00. The first-order valence-electron chi connectivity index (χ1n) is 7.91. The van der Waals surface area contributed by atoms with E-state index in [1.807, 2.05) is 6.07 Å². The van der Waals surface area contributed by atoms with Crippen LogP contribution in [0.4, 0.5) is 13.2 Å². The number of ether oxygens (including phenoxy) is 1. The summed E-state index contributed by atoms with van der Waals surface area (Å²) in [4.78, 5) is 0. The summed E-state index contributed by atoms with van der Waals surface area (Å²) in [7, 11) is 1.51. The molecule has 0 amide bonds. The van der Waals surface area contributed by atoms with Gasteiger partial charge in [0.15, 0.2) is 5.69 Å². The fraction of sp³-hybridized carbons (Fsp3) is 0.211. The molecule has 0 saturated carbocycles. The van der Waals surface area contributed by atoms with Crippen molar-refractivity contribution in [1.29, 1.82) is 0 Å². The minimum Gasteiger partial charge on any atom is -0.497 e. The maximum Gasteiger partial charge on any atom is 0.435 e. The van der Waals surface area contributed by atoms with Crippen LogP contribution in [0.1, 0.15) is 22.4 Å². The predicted molar refractivity (Wildman–Crippen MR) is 90.2 cm³/mol. The van der Waals surface area contributed by atoms with Gasteiger partial charge in [-0.25, -0.2) is 4.68 Å². The summed E-state index contributed by atoms with van der Waals surface area (Å²) in [5.74, 6) is 0.130. The number of nitrogens with zero attached hydrogens (tertiary/aromatic N) is 2. The topological polar surface area (TPSA) is 47.3 Å². The predicted octanol–water partition coefficient (Wildman–Crippen LogP) is 4.26. The van der Waals surface area contributed by atoms with Gasteiger partial charge in [0.2, 0.25) is 5.88 Å². The lowest BCUT2D eigenvalue weighted by molar-refractivity contribution is -0.142. The second-order valence-corrected chi connectivity index (χ2v) is 5.82. The largest absolute Gasteiger partial charge is 0.497 e. The van der Waals surface area contributed by atoms with Crippen molar-refractivity contribution in [3.63, 3.8) is 0 Å². The molecular formula is C19H17F3N2O2. The van der Waals surface area contributed by atoms with Crippen LogP contribution in [0.2, 0.25) is 0 Å². The number of hydrogen-bond acceptors (Lipinski definition) is 3. The average molecular weight is 362 g/mol. The normalized spacial score (nSPS) is 11.5. The molecule has 0 bridgehead atoms. The van der Waals surface area contributed by atoms with E-state index < -0.39 is 17.8 Å². The Morgan fingerprint density at radius 3 is 2.23 bits per heavy atom. The van der Waals surface area contributed by atoms with Crippen LogP contribution in [0.5, 0.6) is 11.6 Å². The van der Waals surface area contributed by atoms with E-state index in [2.05, 4.69) is 5.10 Å². The van der Waals surface area contributed by atoms with E-state index in [-0.39, 0.29) is 18.5 Å². The van der Waals surface area contributed by atoms with Gasteiger partial charge >= 0.3 is 6.18 Å². The molecule has 3 aromatic rings. The molecule has 0 aliphatic heterocycles. The van der Waals surface area contributed by atoms with Crippen molar-refractivity contribution in [3.8, 4) is 11.6 Å². The van der Waals surface area contributed by atoms with Gasteiger partial charge in [-0.2, -0.15) is 18.3 Å². The molecule has 0 fully saturated rings. The molecule has 0 unspecified atom stereocenters. The van der Waals surface area contributed by atoms with Crippen molar-refractivity contribution < 1.29 is 23.0 Å². The Kier molecular flexibility index (Phi) is 4.88. The molecule has 0 radical (unpaired) electrons. The van der Waals surface area contributed by atoms with Gasteiger partial charge in [-0.3, -0.25) is 0 Å². The van der Waals surface area contributed by atoms with Crippen LogP contribution >= 0.6 is 0 Å². The van der Waals surface area contributed by atoms with Crippen molar-refractivity contribution in [2.75, 3.05) is 7.11 Å². The zero-order valence-corrected chi connectivity index (χ0v) is 14.0. The molecule has 1 heterocycles. The molecule has 0 saturated heterocycles. The molecule has 1 N–H and O–H groups in total. The summed E-state index contributed by atoms with van der Waals surface area (Å²) in [5.41, 5.74) is 0.0567. The van der Waals surface area contributed by atoms with Crippen molar-refractivity contribution in [1.82, 2.24) is 9.78 Å². The Bertz CT molecular complexity index is 872. The summed E-state index contributed by atoms with van der Waals surface area (Å²) < 4.78 is 46.2. The molecule has 0 aliphatic carbocycles.